The number of nitrogens with one attached hydrogen (secondary N) is 1. The molecule has 3 nitrogen and oxygen atoms in total. The minimum Gasteiger partial charge on any atom is -0.267 e. The number of fused-ring (bicyclic) bond motifs is 2. The van der Waals surface area contributed by atoms with Gasteiger partial charge in [-0.25, -0.2) is 5.43 Å². The number of amides is 1. The highest BCUT2D eigenvalue weighted by atomic mass is 35.5. The van der Waals surface area contributed by atoms with Crippen molar-refractivity contribution in [2.24, 2.45) is 22.9 Å². The second-order valence-electron chi connectivity index (χ2n) is 5.56. The van der Waals surface area contributed by atoms with E-state index in [4.69, 9.17) is 11.6 Å². The van der Waals surface area contributed by atoms with E-state index in [0.29, 0.717) is 16.5 Å². The van der Waals surface area contributed by atoms with Gasteiger partial charge in [-0.3, -0.25) is 4.79 Å². The standard InChI is InChI=1S/C15H17ClN2O/c16-14-5-3-11(4-6-14)15(19)18-17-9-13-8-10-1-2-12(13)7-10/h3-6,9-10,12-13H,1-2,7-8H2,(H,18,19)/b17-9+. The summed E-state index contributed by atoms with van der Waals surface area (Å²) in [6.45, 7) is 0. The van der Waals surface area contributed by atoms with E-state index in [2.05, 4.69) is 10.5 Å². The Balaban J connectivity index is 1.54. The molecule has 1 amide bonds. The summed E-state index contributed by atoms with van der Waals surface area (Å²) in [5.41, 5.74) is 3.17. The Morgan fingerprint density at radius 3 is 2.68 bits per heavy atom. The summed E-state index contributed by atoms with van der Waals surface area (Å²) < 4.78 is 0. The maximum Gasteiger partial charge on any atom is 0.271 e. The third-order valence-corrected chi connectivity index (χ3v) is 4.58. The van der Waals surface area contributed by atoms with Gasteiger partial charge in [-0.15, -0.1) is 0 Å². The summed E-state index contributed by atoms with van der Waals surface area (Å²) in [4.78, 5) is 11.8. The first-order chi connectivity index (χ1) is 9.22. The van der Waals surface area contributed by atoms with Gasteiger partial charge >= 0.3 is 0 Å². The van der Waals surface area contributed by atoms with Crippen LogP contribution in [0, 0.1) is 17.8 Å². The van der Waals surface area contributed by atoms with Gasteiger partial charge in [0.25, 0.3) is 5.91 Å². The molecule has 100 valence electrons. The van der Waals surface area contributed by atoms with Crippen molar-refractivity contribution in [3.8, 4) is 0 Å². The number of nitrogens with zero attached hydrogens (tertiary/aromatic N) is 1. The van der Waals surface area contributed by atoms with Crippen LogP contribution in [0.3, 0.4) is 0 Å². The van der Waals surface area contributed by atoms with Gasteiger partial charge in [0.15, 0.2) is 0 Å². The van der Waals surface area contributed by atoms with Crippen LogP contribution in [0.5, 0.6) is 0 Å². The van der Waals surface area contributed by atoms with E-state index in [-0.39, 0.29) is 5.91 Å². The van der Waals surface area contributed by atoms with Crippen LogP contribution in [0.1, 0.15) is 36.0 Å². The van der Waals surface area contributed by atoms with Gasteiger partial charge in [0.2, 0.25) is 0 Å². The van der Waals surface area contributed by atoms with Gasteiger partial charge in [0, 0.05) is 16.8 Å². The summed E-state index contributed by atoms with van der Waals surface area (Å²) in [5.74, 6) is 2.06. The normalized spacial score (nSPS) is 29.0. The van der Waals surface area contributed by atoms with Crippen molar-refractivity contribution in [3.05, 3.63) is 34.9 Å². The predicted octanol–water partition coefficient (Wildman–Crippen LogP) is 3.49. The second-order valence-corrected chi connectivity index (χ2v) is 6.00. The zero-order chi connectivity index (χ0) is 13.2. The maximum absolute atomic E-state index is 11.8. The molecule has 3 rings (SSSR count). The number of carbonyl (C=O) groups excluding carboxylic acids is 1. The quantitative estimate of drug-likeness (QED) is 0.666. The lowest BCUT2D eigenvalue weighted by molar-refractivity contribution is 0.0955. The number of benzene rings is 1. The molecule has 19 heavy (non-hydrogen) atoms. The van der Waals surface area contributed by atoms with Crippen molar-refractivity contribution in [2.45, 2.75) is 25.7 Å². The van der Waals surface area contributed by atoms with Crippen molar-refractivity contribution < 1.29 is 4.79 Å². The SMILES string of the molecule is O=C(N/N=C/C1CC2CCC1C2)c1ccc(Cl)cc1. The fourth-order valence-electron chi connectivity index (χ4n) is 3.33. The Hall–Kier alpha value is -1.35. The molecule has 0 heterocycles. The van der Waals surface area contributed by atoms with E-state index < -0.39 is 0 Å². The lowest BCUT2D eigenvalue weighted by Gasteiger charge is -2.16. The van der Waals surface area contributed by atoms with Crippen molar-refractivity contribution in [1.82, 2.24) is 5.43 Å². The molecule has 1 N–H and O–H groups in total. The topological polar surface area (TPSA) is 41.5 Å². The minimum absolute atomic E-state index is 0.184. The molecule has 2 bridgehead atoms. The molecule has 2 fully saturated rings. The first kappa shape index (κ1) is 12.7. The highest BCUT2D eigenvalue weighted by Crippen LogP contribution is 2.47. The van der Waals surface area contributed by atoms with Crippen LogP contribution < -0.4 is 5.43 Å². The van der Waals surface area contributed by atoms with Gasteiger partial charge in [-0.1, -0.05) is 18.0 Å². The zero-order valence-corrected chi connectivity index (χ0v) is 11.4. The molecule has 2 aliphatic rings. The van der Waals surface area contributed by atoms with E-state index in [0.717, 1.165) is 11.8 Å². The Morgan fingerprint density at radius 2 is 2.05 bits per heavy atom. The average Bonchev–Trinajstić information content (AvgIpc) is 3.02. The Morgan fingerprint density at radius 1 is 1.26 bits per heavy atom. The number of hydrogen-bond acceptors (Lipinski definition) is 2. The largest absolute Gasteiger partial charge is 0.271 e. The smallest absolute Gasteiger partial charge is 0.267 e. The van der Waals surface area contributed by atoms with Gasteiger partial charge in [-0.05, 0) is 61.3 Å². The molecule has 2 saturated carbocycles. The number of hydrogen-bond donors (Lipinski definition) is 1. The van der Waals surface area contributed by atoms with E-state index in [1.165, 1.54) is 25.7 Å². The molecule has 4 heteroatoms. The number of hydrazone groups is 1. The first-order valence-electron chi connectivity index (χ1n) is 6.81. The molecule has 1 aromatic rings. The Kier molecular flexibility index (Phi) is 3.56. The van der Waals surface area contributed by atoms with Gasteiger partial charge < -0.3 is 0 Å². The van der Waals surface area contributed by atoms with Crippen LogP contribution in [-0.2, 0) is 0 Å². The summed E-state index contributed by atoms with van der Waals surface area (Å²) in [5, 5.41) is 4.74. The molecule has 0 aliphatic heterocycles. The Bertz CT molecular complexity index is 497. The molecule has 3 atom stereocenters. The van der Waals surface area contributed by atoms with Gasteiger partial charge in [-0.2, -0.15) is 5.10 Å². The average molecular weight is 277 g/mol. The van der Waals surface area contributed by atoms with Crippen LogP contribution in [0.25, 0.3) is 0 Å². The lowest BCUT2D eigenvalue weighted by atomic mass is 9.90. The van der Waals surface area contributed by atoms with Gasteiger partial charge in [0.1, 0.15) is 0 Å². The van der Waals surface area contributed by atoms with Crippen LogP contribution in [-0.4, -0.2) is 12.1 Å². The molecule has 0 spiro atoms. The highest BCUT2D eigenvalue weighted by Gasteiger charge is 2.38. The molecular weight excluding hydrogens is 260 g/mol. The van der Waals surface area contributed by atoms with Crippen molar-refractivity contribution in [3.63, 3.8) is 0 Å². The van der Waals surface area contributed by atoms with Crippen LogP contribution in [0.4, 0.5) is 0 Å². The molecule has 3 unspecified atom stereocenters. The molecular formula is C15H17ClN2O. The summed E-state index contributed by atoms with van der Waals surface area (Å²) >= 11 is 5.78. The van der Waals surface area contributed by atoms with E-state index >= 15 is 0 Å². The van der Waals surface area contributed by atoms with Crippen LogP contribution in [0.15, 0.2) is 29.4 Å². The van der Waals surface area contributed by atoms with Crippen LogP contribution in [0.2, 0.25) is 5.02 Å². The maximum atomic E-state index is 11.8. The molecule has 2 aliphatic carbocycles. The number of rotatable bonds is 3. The molecule has 0 radical (unpaired) electrons. The summed E-state index contributed by atoms with van der Waals surface area (Å²) in [6, 6.07) is 6.81. The predicted molar refractivity (Wildman–Crippen MR) is 76.3 cm³/mol. The van der Waals surface area contributed by atoms with E-state index in [1.807, 2.05) is 6.21 Å². The monoisotopic (exact) mass is 276 g/mol. The van der Waals surface area contributed by atoms with Crippen molar-refractivity contribution in [1.29, 1.82) is 0 Å². The van der Waals surface area contributed by atoms with E-state index in [1.54, 1.807) is 24.3 Å². The lowest BCUT2D eigenvalue weighted by Crippen LogP contribution is -2.20. The molecule has 0 aromatic heterocycles. The fraction of sp³-hybridized carbons (Fsp3) is 0.467. The second kappa shape index (κ2) is 5.33. The third kappa shape index (κ3) is 2.81. The first-order valence-corrected chi connectivity index (χ1v) is 7.19. The van der Waals surface area contributed by atoms with Crippen LogP contribution >= 0.6 is 11.6 Å². The molecule has 0 saturated heterocycles. The van der Waals surface area contributed by atoms with Crippen molar-refractivity contribution >= 4 is 23.7 Å². The number of carbonyl (C=O) groups is 1. The summed E-state index contributed by atoms with van der Waals surface area (Å²) in [7, 11) is 0. The van der Waals surface area contributed by atoms with E-state index in [9.17, 15) is 4.79 Å². The molecule has 1 aromatic carbocycles. The highest BCUT2D eigenvalue weighted by molar-refractivity contribution is 6.30. The number of halogens is 1. The van der Waals surface area contributed by atoms with Gasteiger partial charge in [0.05, 0.1) is 0 Å². The Labute approximate surface area is 118 Å². The summed E-state index contributed by atoms with van der Waals surface area (Å²) in [6.07, 6.45) is 7.23. The zero-order valence-electron chi connectivity index (χ0n) is 10.7. The van der Waals surface area contributed by atoms with Crippen molar-refractivity contribution in [2.75, 3.05) is 0 Å². The minimum atomic E-state index is -0.184. The fourth-order valence-corrected chi connectivity index (χ4v) is 3.46. The third-order valence-electron chi connectivity index (χ3n) is 4.33.